The van der Waals surface area contributed by atoms with Gasteiger partial charge in [-0.15, -0.1) is 0 Å². The fraction of sp³-hybridized carbons (Fsp3) is 0. The van der Waals surface area contributed by atoms with Crippen molar-refractivity contribution in [1.82, 2.24) is 0 Å². The van der Waals surface area contributed by atoms with Crippen molar-refractivity contribution in [3.63, 3.8) is 0 Å². The monoisotopic (exact) mass is 413 g/mol. The highest BCUT2D eigenvalue weighted by atomic mass is 32.2. The zero-order chi connectivity index (χ0) is 20.8. The third kappa shape index (κ3) is 4.89. The molecular weight excluding hydrogens is 398 g/mol. The summed E-state index contributed by atoms with van der Waals surface area (Å²) in [6.07, 6.45) is 0. The van der Waals surface area contributed by atoms with Crippen LogP contribution in [0.15, 0.2) is 111 Å². The zero-order valence-electron chi connectivity index (χ0n) is 14.9. The van der Waals surface area contributed by atoms with Crippen LogP contribution in [0, 0.1) is 0 Å². The van der Waals surface area contributed by atoms with Crippen LogP contribution in [-0.4, -0.2) is 17.0 Å². The SMILES string of the molecule is O=C(O)/C(F)=C(/F)C(=O)Oc1cccc([S+](c2ccccc2)c2ccccc2)c1. The molecule has 0 unspecified atom stereocenters. The smallest absolute Gasteiger partial charge is 0.376 e. The molecule has 0 amide bonds. The average molecular weight is 413 g/mol. The van der Waals surface area contributed by atoms with Crippen LogP contribution < -0.4 is 4.74 Å². The minimum absolute atomic E-state index is 0.0230. The van der Waals surface area contributed by atoms with Gasteiger partial charge in [-0.2, -0.15) is 8.78 Å². The number of rotatable bonds is 6. The molecular formula is C22H15F2O4S+. The molecule has 0 aromatic heterocycles. The summed E-state index contributed by atoms with van der Waals surface area (Å²) in [5, 5.41) is 8.46. The fourth-order valence-corrected chi connectivity index (χ4v) is 4.65. The van der Waals surface area contributed by atoms with Gasteiger partial charge in [-0.1, -0.05) is 42.5 Å². The van der Waals surface area contributed by atoms with E-state index < -0.39 is 34.5 Å². The Morgan fingerprint density at radius 3 is 1.76 bits per heavy atom. The predicted octanol–water partition coefficient (Wildman–Crippen LogP) is 4.92. The summed E-state index contributed by atoms with van der Waals surface area (Å²) >= 11 is 0. The molecule has 1 N–H and O–H groups in total. The van der Waals surface area contributed by atoms with Gasteiger partial charge >= 0.3 is 11.9 Å². The van der Waals surface area contributed by atoms with Crippen LogP contribution >= 0.6 is 0 Å². The quantitative estimate of drug-likeness (QED) is 0.270. The molecule has 3 aromatic rings. The predicted molar refractivity (Wildman–Crippen MR) is 104 cm³/mol. The van der Waals surface area contributed by atoms with E-state index in [0.717, 1.165) is 14.7 Å². The minimum atomic E-state index is -2.19. The third-order valence-electron chi connectivity index (χ3n) is 3.77. The first kappa shape index (κ1) is 20.3. The normalized spacial score (nSPS) is 11.7. The van der Waals surface area contributed by atoms with Crippen LogP contribution in [0.25, 0.3) is 0 Å². The maximum atomic E-state index is 13.6. The second-order valence-electron chi connectivity index (χ2n) is 5.73. The van der Waals surface area contributed by atoms with Crippen molar-refractivity contribution in [3.05, 3.63) is 96.6 Å². The van der Waals surface area contributed by atoms with Crippen molar-refractivity contribution in [2.24, 2.45) is 0 Å². The van der Waals surface area contributed by atoms with Gasteiger partial charge in [-0.25, -0.2) is 9.59 Å². The summed E-state index contributed by atoms with van der Waals surface area (Å²) < 4.78 is 31.5. The molecule has 0 aliphatic carbocycles. The van der Waals surface area contributed by atoms with Crippen molar-refractivity contribution in [2.45, 2.75) is 14.7 Å². The molecule has 0 heterocycles. The Morgan fingerprint density at radius 2 is 1.24 bits per heavy atom. The highest BCUT2D eigenvalue weighted by Gasteiger charge is 2.29. The summed E-state index contributed by atoms with van der Waals surface area (Å²) in [5.74, 6) is -8.19. The number of hydrogen-bond acceptors (Lipinski definition) is 3. The van der Waals surface area contributed by atoms with Crippen molar-refractivity contribution >= 4 is 22.8 Å². The van der Waals surface area contributed by atoms with Gasteiger partial charge in [-0.05, 0) is 36.4 Å². The highest BCUT2D eigenvalue weighted by molar-refractivity contribution is 7.97. The second kappa shape index (κ2) is 9.16. The number of carbonyl (C=O) groups is 2. The van der Waals surface area contributed by atoms with Gasteiger partial charge < -0.3 is 9.84 Å². The standard InChI is InChI=1S/C22H14F2O4S/c23-19(21(25)26)20(24)22(27)28-15-8-7-13-18(14-15)29(16-9-3-1-4-10-16)17-11-5-2-6-12-17/h1-14H/p+1/b20-19-. The van der Waals surface area contributed by atoms with E-state index in [0.29, 0.717) is 0 Å². The van der Waals surface area contributed by atoms with Gasteiger partial charge in [0.05, 0.1) is 10.9 Å². The Hall–Kier alpha value is -3.45. The molecule has 29 heavy (non-hydrogen) atoms. The average Bonchev–Trinajstić information content (AvgIpc) is 2.74. The number of esters is 1. The molecule has 0 aliphatic rings. The van der Waals surface area contributed by atoms with Crippen molar-refractivity contribution in [3.8, 4) is 5.75 Å². The lowest BCUT2D eigenvalue weighted by molar-refractivity contribution is -0.137. The van der Waals surface area contributed by atoms with E-state index in [9.17, 15) is 18.4 Å². The second-order valence-corrected chi connectivity index (χ2v) is 7.76. The van der Waals surface area contributed by atoms with Crippen LogP contribution in [0.2, 0.25) is 0 Å². The molecule has 0 spiro atoms. The molecule has 4 nitrogen and oxygen atoms in total. The number of halogens is 2. The van der Waals surface area contributed by atoms with Crippen LogP contribution in [0.1, 0.15) is 0 Å². The zero-order valence-corrected chi connectivity index (χ0v) is 15.7. The van der Waals surface area contributed by atoms with Gasteiger partial charge in [0.1, 0.15) is 5.75 Å². The summed E-state index contributed by atoms with van der Waals surface area (Å²) in [5.41, 5.74) is 0. The highest BCUT2D eigenvalue weighted by Crippen LogP contribution is 2.32. The lowest BCUT2D eigenvalue weighted by atomic mass is 10.3. The van der Waals surface area contributed by atoms with Crippen LogP contribution in [0.3, 0.4) is 0 Å². The first-order valence-electron chi connectivity index (χ1n) is 8.42. The van der Waals surface area contributed by atoms with E-state index in [1.807, 2.05) is 66.7 Å². The molecule has 0 saturated carbocycles. The molecule has 0 fully saturated rings. The fourth-order valence-electron chi connectivity index (χ4n) is 2.52. The van der Waals surface area contributed by atoms with Crippen molar-refractivity contribution in [2.75, 3.05) is 0 Å². The maximum absolute atomic E-state index is 13.6. The molecule has 7 heteroatoms. The van der Waals surface area contributed by atoms with E-state index in [2.05, 4.69) is 0 Å². The molecule has 3 aromatic carbocycles. The number of benzene rings is 3. The summed E-state index contributed by atoms with van der Waals surface area (Å²) in [4.78, 5) is 25.0. The Bertz CT molecular complexity index is 1010. The number of carbonyl (C=O) groups excluding carboxylic acids is 1. The first-order chi connectivity index (χ1) is 14.0. The van der Waals surface area contributed by atoms with Crippen LogP contribution in [0.5, 0.6) is 5.75 Å². The summed E-state index contributed by atoms with van der Waals surface area (Å²) in [6, 6.07) is 25.8. The van der Waals surface area contributed by atoms with Gasteiger partial charge in [0, 0.05) is 6.07 Å². The van der Waals surface area contributed by atoms with Crippen molar-refractivity contribution in [1.29, 1.82) is 0 Å². The van der Waals surface area contributed by atoms with Gasteiger partial charge in [-0.3, -0.25) is 0 Å². The number of hydrogen-bond donors (Lipinski definition) is 1. The van der Waals surface area contributed by atoms with Gasteiger partial charge in [0.25, 0.3) is 11.7 Å². The van der Waals surface area contributed by atoms with Crippen molar-refractivity contribution < 1.29 is 28.2 Å². The number of carboxylic acid groups (broad SMARTS) is 1. The van der Waals surface area contributed by atoms with Gasteiger partial charge in [0.15, 0.2) is 14.7 Å². The summed E-state index contributed by atoms with van der Waals surface area (Å²) in [7, 11) is -0.532. The van der Waals surface area contributed by atoms with Crippen LogP contribution in [0.4, 0.5) is 8.78 Å². The molecule has 0 saturated heterocycles. The van der Waals surface area contributed by atoms with E-state index in [1.54, 1.807) is 12.1 Å². The minimum Gasteiger partial charge on any atom is -0.476 e. The molecule has 0 radical (unpaired) electrons. The first-order valence-corrected chi connectivity index (χ1v) is 9.65. The Morgan fingerprint density at radius 1 is 0.724 bits per heavy atom. The van der Waals surface area contributed by atoms with E-state index in [1.165, 1.54) is 6.07 Å². The molecule has 0 atom stereocenters. The number of ether oxygens (including phenoxy) is 1. The Kier molecular flexibility index (Phi) is 6.41. The number of carboxylic acids is 1. The Balaban J connectivity index is 1.97. The topological polar surface area (TPSA) is 63.6 Å². The van der Waals surface area contributed by atoms with Crippen LogP contribution in [-0.2, 0) is 20.5 Å². The lowest BCUT2D eigenvalue weighted by Gasteiger charge is -2.09. The molecule has 3 rings (SSSR count). The molecule has 0 aliphatic heterocycles. The number of aliphatic carboxylic acids is 1. The van der Waals surface area contributed by atoms with E-state index >= 15 is 0 Å². The molecule has 0 bridgehead atoms. The Labute approximate surface area is 168 Å². The maximum Gasteiger partial charge on any atom is 0.376 e. The lowest BCUT2D eigenvalue weighted by Crippen LogP contribution is -2.13. The molecule has 146 valence electrons. The third-order valence-corrected chi connectivity index (χ3v) is 5.98. The summed E-state index contributed by atoms with van der Waals surface area (Å²) in [6.45, 7) is 0. The van der Waals surface area contributed by atoms with Gasteiger partial charge in [0.2, 0.25) is 0 Å². The van der Waals surface area contributed by atoms with E-state index in [4.69, 9.17) is 9.84 Å². The van der Waals surface area contributed by atoms with E-state index in [-0.39, 0.29) is 5.75 Å². The largest absolute Gasteiger partial charge is 0.476 e.